The molecule has 3 N–H and O–H groups in total. The monoisotopic (exact) mass is 428 g/mol. The summed E-state index contributed by atoms with van der Waals surface area (Å²) in [5, 5.41) is 13.7. The molecule has 1 aliphatic heterocycles. The van der Waals surface area contributed by atoms with Crippen LogP contribution in [0.1, 0.15) is 17.5 Å². The lowest BCUT2D eigenvalue weighted by atomic mass is 9.95. The summed E-state index contributed by atoms with van der Waals surface area (Å²) >= 11 is 0. The third kappa shape index (κ3) is 3.01. The molecule has 0 fully saturated rings. The Kier molecular flexibility index (Phi) is 4.83. The number of rotatable bonds is 6. The van der Waals surface area contributed by atoms with Crippen LogP contribution in [0.3, 0.4) is 0 Å². The first kappa shape index (κ1) is 20.1. The van der Waals surface area contributed by atoms with E-state index >= 15 is 0 Å². The molecule has 1 aliphatic rings. The number of anilines is 1. The summed E-state index contributed by atoms with van der Waals surface area (Å²) in [5.74, 6) is -0.793. The summed E-state index contributed by atoms with van der Waals surface area (Å²) in [5.41, 5.74) is 4.99. The molecule has 2 aromatic carbocycles. The van der Waals surface area contributed by atoms with Gasteiger partial charge in [0, 0.05) is 72.7 Å². The van der Waals surface area contributed by atoms with E-state index in [1.54, 1.807) is 6.20 Å². The topological polar surface area (TPSA) is 90.4 Å². The van der Waals surface area contributed by atoms with Gasteiger partial charge in [0.2, 0.25) is 0 Å². The number of H-pyrrole nitrogens is 1. The van der Waals surface area contributed by atoms with E-state index in [1.165, 1.54) is 0 Å². The zero-order valence-corrected chi connectivity index (χ0v) is 18.0. The number of aromatic amines is 1. The van der Waals surface area contributed by atoms with Crippen molar-refractivity contribution in [3.05, 3.63) is 66.0 Å². The van der Waals surface area contributed by atoms with Crippen LogP contribution in [0.2, 0.25) is 0 Å². The number of aromatic nitrogens is 2. The van der Waals surface area contributed by atoms with Gasteiger partial charge in [0.1, 0.15) is 0 Å². The summed E-state index contributed by atoms with van der Waals surface area (Å²) in [7, 11) is 3.91. The molecule has 0 spiro atoms. The van der Waals surface area contributed by atoms with E-state index in [1.807, 2.05) is 72.2 Å². The summed E-state index contributed by atoms with van der Waals surface area (Å²) in [6.45, 7) is 0.680. The van der Waals surface area contributed by atoms with E-state index in [0.29, 0.717) is 35.2 Å². The van der Waals surface area contributed by atoms with Gasteiger partial charge in [-0.1, -0.05) is 24.3 Å². The number of nitrogens with zero attached hydrogens (tertiary/aromatic N) is 2. The number of aliphatic hydroxyl groups excluding tert-OH is 1. The van der Waals surface area contributed by atoms with Crippen molar-refractivity contribution in [1.29, 1.82) is 0 Å². The number of fused-ring (bicyclic) bond motifs is 2. The van der Waals surface area contributed by atoms with Crippen LogP contribution in [0, 0.1) is 0 Å². The molecule has 162 valence electrons. The smallest absolute Gasteiger partial charge is 0.259 e. The second kappa shape index (κ2) is 7.69. The maximum absolute atomic E-state index is 13.1. The molecule has 0 radical (unpaired) electrons. The van der Waals surface area contributed by atoms with Crippen LogP contribution in [-0.2, 0) is 16.1 Å². The Balaban J connectivity index is 1.84. The van der Waals surface area contributed by atoms with Gasteiger partial charge in [-0.2, -0.15) is 0 Å². The molecule has 32 heavy (non-hydrogen) atoms. The molecule has 4 aromatic rings. The van der Waals surface area contributed by atoms with Crippen LogP contribution in [0.15, 0.2) is 54.9 Å². The number of nitrogens with one attached hydrogen (secondary N) is 2. The molecule has 3 heterocycles. The number of aliphatic hydroxyl groups is 1. The molecule has 0 atom stereocenters. The Morgan fingerprint density at radius 2 is 1.72 bits per heavy atom. The Bertz CT molecular complexity index is 1410. The molecule has 2 amide bonds. The van der Waals surface area contributed by atoms with Crippen molar-refractivity contribution < 1.29 is 14.7 Å². The van der Waals surface area contributed by atoms with Crippen molar-refractivity contribution in [1.82, 2.24) is 14.9 Å². The molecular weight excluding hydrogens is 404 g/mol. The van der Waals surface area contributed by atoms with Crippen LogP contribution in [0.5, 0.6) is 0 Å². The molecule has 0 saturated heterocycles. The van der Waals surface area contributed by atoms with Crippen molar-refractivity contribution >= 4 is 50.5 Å². The van der Waals surface area contributed by atoms with Crippen LogP contribution in [0.25, 0.3) is 33.0 Å². The maximum Gasteiger partial charge on any atom is 0.259 e. The van der Waals surface area contributed by atoms with Gasteiger partial charge in [-0.3, -0.25) is 14.9 Å². The fourth-order valence-corrected chi connectivity index (χ4v) is 4.57. The van der Waals surface area contributed by atoms with Crippen molar-refractivity contribution in [3.63, 3.8) is 0 Å². The third-order valence-electron chi connectivity index (χ3n) is 5.98. The number of carbonyl (C=O) groups is 2. The summed E-state index contributed by atoms with van der Waals surface area (Å²) < 4.78 is 2.05. The van der Waals surface area contributed by atoms with Gasteiger partial charge in [-0.15, -0.1) is 0 Å². The van der Waals surface area contributed by atoms with Crippen LogP contribution in [-0.4, -0.2) is 47.2 Å². The highest BCUT2D eigenvalue weighted by molar-refractivity contribution is 6.51. The molecule has 0 aliphatic carbocycles. The van der Waals surface area contributed by atoms with E-state index < -0.39 is 11.8 Å². The zero-order valence-electron chi connectivity index (χ0n) is 18.0. The first-order chi connectivity index (χ1) is 15.5. The Morgan fingerprint density at radius 1 is 0.969 bits per heavy atom. The number of hydrogen-bond acceptors (Lipinski definition) is 4. The quantitative estimate of drug-likeness (QED) is 0.412. The number of benzene rings is 2. The number of carbonyl (C=O) groups excluding carboxylic acids is 2. The average Bonchev–Trinajstić information content (AvgIpc) is 3.44. The minimum atomic E-state index is -0.398. The molecule has 2 aromatic heterocycles. The number of para-hydroxylation sites is 1. The number of hydrogen-bond donors (Lipinski definition) is 3. The molecule has 0 unspecified atom stereocenters. The van der Waals surface area contributed by atoms with Gasteiger partial charge in [0.15, 0.2) is 0 Å². The predicted octanol–water partition coefficient (Wildman–Crippen LogP) is 3.14. The molecule has 5 rings (SSSR count). The highest BCUT2D eigenvalue weighted by atomic mass is 16.3. The average molecular weight is 428 g/mol. The normalized spacial score (nSPS) is 14.1. The van der Waals surface area contributed by atoms with E-state index in [2.05, 4.69) is 10.3 Å². The fraction of sp³-hybridized carbons (Fsp3) is 0.200. The minimum Gasteiger partial charge on any atom is -0.396 e. The molecule has 0 saturated carbocycles. The third-order valence-corrected chi connectivity index (χ3v) is 5.98. The van der Waals surface area contributed by atoms with Crippen LogP contribution < -0.4 is 10.2 Å². The second-order valence-corrected chi connectivity index (χ2v) is 8.16. The van der Waals surface area contributed by atoms with E-state index in [4.69, 9.17) is 0 Å². The highest BCUT2D eigenvalue weighted by Crippen LogP contribution is 2.41. The minimum absolute atomic E-state index is 0.0740. The fourth-order valence-electron chi connectivity index (χ4n) is 4.57. The lowest BCUT2D eigenvalue weighted by Crippen LogP contribution is -2.22. The van der Waals surface area contributed by atoms with Gasteiger partial charge in [0.05, 0.1) is 16.7 Å². The zero-order chi connectivity index (χ0) is 22.4. The first-order valence-corrected chi connectivity index (χ1v) is 10.6. The Hall–Kier alpha value is -3.84. The molecule has 0 bridgehead atoms. The summed E-state index contributed by atoms with van der Waals surface area (Å²) in [6, 6.07) is 13.7. The molecular formula is C25H24N4O3. The Morgan fingerprint density at radius 3 is 2.47 bits per heavy atom. The summed E-state index contributed by atoms with van der Waals surface area (Å²) in [6.07, 6.45) is 4.31. The van der Waals surface area contributed by atoms with Crippen molar-refractivity contribution in [2.75, 3.05) is 25.6 Å². The Labute approximate surface area is 184 Å². The van der Waals surface area contributed by atoms with Gasteiger partial charge in [-0.05, 0) is 24.6 Å². The second-order valence-electron chi connectivity index (χ2n) is 8.16. The van der Waals surface area contributed by atoms with E-state index in [-0.39, 0.29) is 6.61 Å². The molecule has 7 heteroatoms. The van der Waals surface area contributed by atoms with Crippen LogP contribution in [0.4, 0.5) is 5.69 Å². The van der Waals surface area contributed by atoms with E-state index in [9.17, 15) is 14.7 Å². The van der Waals surface area contributed by atoms with Crippen molar-refractivity contribution in [2.24, 2.45) is 0 Å². The van der Waals surface area contributed by atoms with E-state index in [0.717, 1.165) is 27.5 Å². The van der Waals surface area contributed by atoms with Gasteiger partial charge >= 0.3 is 0 Å². The number of imide groups is 1. The highest BCUT2D eigenvalue weighted by Gasteiger charge is 2.35. The first-order valence-electron chi connectivity index (χ1n) is 10.6. The van der Waals surface area contributed by atoms with Crippen LogP contribution >= 0.6 is 0 Å². The number of amides is 2. The lowest BCUT2D eigenvalue weighted by molar-refractivity contribution is -0.122. The predicted molar refractivity (Wildman–Crippen MR) is 126 cm³/mol. The maximum atomic E-state index is 13.1. The van der Waals surface area contributed by atoms with Gasteiger partial charge in [-0.25, -0.2) is 0 Å². The van der Waals surface area contributed by atoms with Crippen molar-refractivity contribution in [3.8, 4) is 0 Å². The lowest BCUT2D eigenvalue weighted by Gasteiger charge is -2.15. The van der Waals surface area contributed by atoms with Crippen molar-refractivity contribution in [2.45, 2.75) is 13.0 Å². The SMILES string of the molecule is CN(C)c1cccc2c1c(C1=C(c3c[nH]c4ccccc34)C(=O)NC1=O)cn2CCCO. The number of aryl methyl sites for hydroxylation is 1. The molecule has 7 nitrogen and oxygen atoms in total. The largest absolute Gasteiger partial charge is 0.396 e. The van der Waals surface area contributed by atoms with Gasteiger partial charge in [0.25, 0.3) is 11.8 Å². The van der Waals surface area contributed by atoms with Gasteiger partial charge < -0.3 is 19.6 Å². The standard InChI is InChI=1S/C25H24N4O3/c1-28(2)19-9-5-10-20-21(19)17(14-29(20)11-6-12-30)23-22(24(31)27-25(23)32)16-13-26-18-8-4-3-7-15(16)18/h3-5,7-10,13-14,26,30H,6,11-12H2,1-2H3,(H,27,31,32). The summed E-state index contributed by atoms with van der Waals surface area (Å²) in [4.78, 5) is 31.3.